The summed E-state index contributed by atoms with van der Waals surface area (Å²) >= 11 is 0. The van der Waals surface area contributed by atoms with Crippen molar-refractivity contribution in [1.82, 2.24) is 0 Å². The molecule has 0 amide bonds. The van der Waals surface area contributed by atoms with Gasteiger partial charge in [-0.1, -0.05) is 29.8 Å². The molecular formula is C16H17NaO3P+. The Labute approximate surface area is 149 Å². The van der Waals surface area contributed by atoms with Crippen molar-refractivity contribution in [3.63, 3.8) is 0 Å². The summed E-state index contributed by atoms with van der Waals surface area (Å²) in [4.78, 5) is 12.7. The third-order valence-electron chi connectivity index (χ3n) is 3.19. The molecule has 104 valence electrons. The van der Waals surface area contributed by atoms with Gasteiger partial charge in [-0.3, -0.25) is 9.32 Å². The maximum atomic E-state index is 12.7. The van der Waals surface area contributed by atoms with Gasteiger partial charge in [-0.2, -0.15) is 0 Å². The van der Waals surface area contributed by atoms with E-state index in [0.29, 0.717) is 16.9 Å². The van der Waals surface area contributed by atoms with Gasteiger partial charge >= 0.3 is 38.2 Å². The van der Waals surface area contributed by atoms with Gasteiger partial charge in [0.25, 0.3) is 0 Å². The van der Waals surface area contributed by atoms with E-state index in [2.05, 4.69) is 0 Å². The normalized spacial score (nSPS) is 10.0. The first-order valence-electron chi connectivity index (χ1n) is 6.30. The Morgan fingerprint density at radius 2 is 1.67 bits per heavy atom. The Hall–Kier alpha value is -0.990. The van der Waals surface area contributed by atoms with Crippen LogP contribution in [0.25, 0.3) is 0 Å². The zero-order valence-electron chi connectivity index (χ0n) is 13.7. The van der Waals surface area contributed by atoms with Crippen LogP contribution >= 0.6 is 8.69 Å². The molecule has 1 unspecified atom stereocenters. The minimum atomic E-state index is -0.928. The minimum absolute atomic E-state index is 0. The number of para-hydroxylation sites is 1. The van der Waals surface area contributed by atoms with Crippen molar-refractivity contribution >= 4 is 14.5 Å². The molecule has 1 atom stereocenters. The van der Waals surface area contributed by atoms with Crippen molar-refractivity contribution in [3.05, 3.63) is 64.2 Å². The Kier molecular flexibility index (Phi) is 6.76. The van der Waals surface area contributed by atoms with Crippen LogP contribution in [-0.2, 0) is 4.57 Å². The minimum Gasteiger partial charge on any atom is -1.00 e. The van der Waals surface area contributed by atoms with Crippen LogP contribution in [0.1, 0.15) is 34.0 Å². The van der Waals surface area contributed by atoms with Gasteiger partial charge in [0.15, 0.2) is 11.5 Å². The summed E-state index contributed by atoms with van der Waals surface area (Å²) in [5.74, 6) is 0.249. The van der Waals surface area contributed by atoms with Gasteiger partial charge in [0, 0.05) is 5.56 Å². The molecule has 3 nitrogen and oxygen atoms in total. The van der Waals surface area contributed by atoms with E-state index in [9.17, 15) is 9.36 Å². The molecule has 2 rings (SSSR count). The van der Waals surface area contributed by atoms with Crippen molar-refractivity contribution in [1.29, 1.82) is 0 Å². The Bertz CT molecular complexity index is 666. The largest absolute Gasteiger partial charge is 1.00 e. The molecule has 0 aliphatic carbocycles. The SMILES string of the molecule is Cc1cc(C)c(C(=O)c2ccccc2O[PH+]=O)c(C)c1.[H-].[Na+]. The zero-order valence-corrected chi connectivity index (χ0v) is 15.7. The number of aryl methyl sites for hydroxylation is 3. The van der Waals surface area contributed by atoms with Crippen LogP contribution < -0.4 is 34.1 Å². The van der Waals surface area contributed by atoms with E-state index in [4.69, 9.17) is 4.52 Å². The molecule has 2 aromatic carbocycles. The first-order chi connectivity index (χ1) is 9.54. The Balaban J connectivity index is 0.00000220. The van der Waals surface area contributed by atoms with Crippen LogP contribution in [0.5, 0.6) is 5.75 Å². The third kappa shape index (κ3) is 4.02. The molecule has 0 spiro atoms. The molecule has 0 heterocycles. The zero-order chi connectivity index (χ0) is 14.7. The number of carbonyl (C=O) groups is 1. The van der Waals surface area contributed by atoms with E-state index in [1.807, 2.05) is 32.9 Å². The van der Waals surface area contributed by atoms with Gasteiger partial charge in [0.2, 0.25) is 0 Å². The second kappa shape index (κ2) is 7.86. The first-order valence-corrected chi connectivity index (χ1v) is 7.12. The average molecular weight is 311 g/mol. The predicted molar refractivity (Wildman–Crippen MR) is 81.3 cm³/mol. The summed E-state index contributed by atoms with van der Waals surface area (Å²) < 4.78 is 15.7. The number of hydrogen-bond acceptors (Lipinski definition) is 3. The van der Waals surface area contributed by atoms with Crippen molar-refractivity contribution in [2.45, 2.75) is 20.8 Å². The van der Waals surface area contributed by atoms with Gasteiger partial charge in [0.1, 0.15) is 0 Å². The summed E-state index contributed by atoms with van der Waals surface area (Å²) in [5.41, 5.74) is 4.12. The molecule has 0 aliphatic heterocycles. The van der Waals surface area contributed by atoms with Gasteiger partial charge in [-0.15, -0.1) is 0 Å². The van der Waals surface area contributed by atoms with Crippen molar-refractivity contribution < 1.29 is 44.9 Å². The topological polar surface area (TPSA) is 43.4 Å². The third-order valence-corrected chi connectivity index (χ3v) is 3.49. The van der Waals surface area contributed by atoms with E-state index in [-0.39, 0.29) is 36.8 Å². The number of benzene rings is 2. The summed E-state index contributed by atoms with van der Waals surface area (Å²) in [7, 11) is -0.928. The van der Waals surface area contributed by atoms with E-state index < -0.39 is 8.69 Å². The van der Waals surface area contributed by atoms with Crippen LogP contribution in [0.4, 0.5) is 0 Å². The second-order valence-electron chi connectivity index (χ2n) is 4.78. The fourth-order valence-electron chi connectivity index (χ4n) is 2.46. The van der Waals surface area contributed by atoms with Crippen LogP contribution in [-0.4, -0.2) is 5.78 Å². The summed E-state index contributed by atoms with van der Waals surface area (Å²) in [6.45, 7) is 5.85. The van der Waals surface area contributed by atoms with Crippen LogP contribution in [0.2, 0.25) is 0 Å². The van der Waals surface area contributed by atoms with Gasteiger partial charge in [-0.05, 0) is 48.6 Å². The average Bonchev–Trinajstić information content (AvgIpc) is 2.38. The van der Waals surface area contributed by atoms with Gasteiger partial charge < -0.3 is 1.43 Å². The molecule has 0 saturated heterocycles. The van der Waals surface area contributed by atoms with Crippen LogP contribution in [0.3, 0.4) is 0 Å². The van der Waals surface area contributed by atoms with E-state index >= 15 is 0 Å². The number of rotatable bonds is 4. The van der Waals surface area contributed by atoms with Gasteiger partial charge in [-0.25, -0.2) is 0 Å². The standard InChI is InChI=1S/C16H16O3P.Na.H/c1-10-8-11(2)15(12(3)9-10)16(17)13-6-4-5-7-14(13)19-20-18;;/h4-9,20H,1-3H3;;/q2*+1;-1. The first kappa shape index (κ1) is 18.1. The molecule has 0 aromatic heterocycles. The fraction of sp³-hybridized carbons (Fsp3) is 0.188. The maximum Gasteiger partial charge on any atom is 1.00 e. The number of hydrogen-bond donors (Lipinski definition) is 0. The molecule has 0 radical (unpaired) electrons. The summed E-state index contributed by atoms with van der Waals surface area (Å²) in [6.07, 6.45) is 0. The van der Waals surface area contributed by atoms with Crippen LogP contribution in [0.15, 0.2) is 36.4 Å². The fourth-order valence-corrected chi connectivity index (χ4v) is 2.73. The summed E-state index contributed by atoms with van der Waals surface area (Å²) in [5, 5.41) is 0. The second-order valence-corrected chi connectivity index (χ2v) is 5.16. The number of ketones is 1. The van der Waals surface area contributed by atoms with Crippen molar-refractivity contribution in [2.75, 3.05) is 0 Å². The molecule has 0 bridgehead atoms. The van der Waals surface area contributed by atoms with Crippen molar-refractivity contribution in [3.8, 4) is 5.75 Å². The van der Waals surface area contributed by atoms with E-state index in [0.717, 1.165) is 16.7 Å². The number of carbonyl (C=O) groups excluding carboxylic acids is 1. The Morgan fingerprint density at radius 3 is 2.24 bits per heavy atom. The molecule has 0 aliphatic rings. The smallest absolute Gasteiger partial charge is 1.00 e. The molecule has 0 N–H and O–H groups in total. The van der Waals surface area contributed by atoms with Crippen molar-refractivity contribution in [2.24, 2.45) is 0 Å². The predicted octanol–water partition coefficient (Wildman–Crippen LogP) is 1.28. The maximum absolute atomic E-state index is 12.7. The van der Waals surface area contributed by atoms with Crippen LogP contribution in [0, 0.1) is 20.8 Å². The monoisotopic (exact) mass is 311 g/mol. The molecule has 0 fully saturated rings. The molecule has 21 heavy (non-hydrogen) atoms. The van der Waals surface area contributed by atoms with E-state index in [1.165, 1.54) is 0 Å². The molecular weight excluding hydrogens is 294 g/mol. The Morgan fingerprint density at radius 1 is 1.10 bits per heavy atom. The quantitative estimate of drug-likeness (QED) is 0.485. The molecule has 5 heteroatoms. The molecule has 0 saturated carbocycles. The molecule has 2 aromatic rings. The summed E-state index contributed by atoms with van der Waals surface area (Å²) in [6, 6.07) is 10.8. The van der Waals surface area contributed by atoms with Gasteiger partial charge in [0.05, 0.1) is 5.56 Å². The van der Waals surface area contributed by atoms with E-state index in [1.54, 1.807) is 24.3 Å².